The van der Waals surface area contributed by atoms with E-state index in [1.807, 2.05) is 24.3 Å². The molecule has 0 unspecified atom stereocenters. The van der Waals surface area contributed by atoms with Crippen molar-refractivity contribution >= 4 is 11.6 Å². The topological polar surface area (TPSA) is 93.9 Å². The van der Waals surface area contributed by atoms with Gasteiger partial charge in [-0.2, -0.15) is 0 Å². The highest BCUT2D eigenvalue weighted by Gasteiger charge is 2.23. The van der Waals surface area contributed by atoms with Gasteiger partial charge in [0.25, 0.3) is 5.91 Å². The zero-order valence-corrected chi connectivity index (χ0v) is 17.8. The Morgan fingerprint density at radius 2 is 1.77 bits per heavy atom. The Kier molecular flexibility index (Phi) is 8.23. The predicted octanol–water partition coefficient (Wildman–Crippen LogP) is 3.72. The number of benzene rings is 2. The Labute approximate surface area is 182 Å². The fourth-order valence-electron chi connectivity index (χ4n) is 3.83. The summed E-state index contributed by atoms with van der Waals surface area (Å²) in [6, 6.07) is 14.0. The molecule has 0 aromatic heterocycles. The molecule has 0 spiro atoms. The molecule has 1 aliphatic heterocycles. The quantitative estimate of drug-likeness (QED) is 0.484. The van der Waals surface area contributed by atoms with Crippen LogP contribution in [0.1, 0.15) is 37.3 Å². The predicted molar refractivity (Wildman–Crippen MR) is 117 cm³/mol. The fourth-order valence-corrected chi connectivity index (χ4v) is 3.83. The van der Waals surface area contributed by atoms with Gasteiger partial charge in [0.15, 0.2) is 12.4 Å². The lowest BCUT2D eigenvalue weighted by atomic mass is 10.0. The van der Waals surface area contributed by atoms with Crippen molar-refractivity contribution in [3.8, 4) is 11.5 Å². The molecule has 166 valence electrons. The highest BCUT2D eigenvalue weighted by Crippen LogP contribution is 2.27. The molecule has 8 heteroatoms. The first-order valence-corrected chi connectivity index (χ1v) is 10.6. The van der Waals surface area contributed by atoms with Crippen LogP contribution in [0.15, 0.2) is 48.5 Å². The molecule has 0 aliphatic carbocycles. The van der Waals surface area contributed by atoms with E-state index in [9.17, 15) is 14.9 Å². The van der Waals surface area contributed by atoms with Crippen molar-refractivity contribution in [2.45, 2.75) is 31.7 Å². The first-order valence-electron chi connectivity index (χ1n) is 10.6. The van der Waals surface area contributed by atoms with Crippen molar-refractivity contribution in [3.05, 3.63) is 64.2 Å². The molecule has 1 amide bonds. The van der Waals surface area contributed by atoms with E-state index in [0.29, 0.717) is 6.54 Å². The minimum Gasteiger partial charge on any atom is -0.497 e. The number of nitro groups is 1. The summed E-state index contributed by atoms with van der Waals surface area (Å²) in [6.07, 6.45) is 4.73. The van der Waals surface area contributed by atoms with Crippen LogP contribution >= 0.6 is 0 Å². The van der Waals surface area contributed by atoms with Crippen molar-refractivity contribution in [3.63, 3.8) is 0 Å². The molecule has 1 fully saturated rings. The zero-order chi connectivity index (χ0) is 22.1. The van der Waals surface area contributed by atoms with Crippen molar-refractivity contribution in [1.82, 2.24) is 10.2 Å². The van der Waals surface area contributed by atoms with Gasteiger partial charge in [0.1, 0.15) is 5.75 Å². The largest absolute Gasteiger partial charge is 0.497 e. The minimum absolute atomic E-state index is 0.0408. The average molecular weight is 428 g/mol. The van der Waals surface area contributed by atoms with Crippen LogP contribution in [-0.2, 0) is 4.79 Å². The molecular formula is C23H29N3O5. The third-order valence-corrected chi connectivity index (χ3v) is 5.50. The third-order valence-electron chi connectivity index (χ3n) is 5.50. The molecule has 1 heterocycles. The second-order valence-corrected chi connectivity index (χ2v) is 7.56. The average Bonchev–Trinajstić information content (AvgIpc) is 3.08. The molecule has 0 saturated carbocycles. The van der Waals surface area contributed by atoms with Gasteiger partial charge < -0.3 is 14.8 Å². The van der Waals surface area contributed by atoms with Gasteiger partial charge in [0.05, 0.1) is 18.1 Å². The Morgan fingerprint density at radius 3 is 2.42 bits per heavy atom. The van der Waals surface area contributed by atoms with Crippen LogP contribution in [0.25, 0.3) is 0 Å². The van der Waals surface area contributed by atoms with Gasteiger partial charge in [-0.15, -0.1) is 0 Å². The molecule has 3 rings (SSSR count). The van der Waals surface area contributed by atoms with Crippen LogP contribution < -0.4 is 14.8 Å². The lowest BCUT2D eigenvalue weighted by molar-refractivity contribution is -0.385. The summed E-state index contributed by atoms with van der Waals surface area (Å²) >= 11 is 0. The molecule has 1 saturated heterocycles. The lowest BCUT2D eigenvalue weighted by Crippen LogP contribution is -2.40. The van der Waals surface area contributed by atoms with Crippen LogP contribution in [0.4, 0.5) is 5.69 Å². The van der Waals surface area contributed by atoms with Gasteiger partial charge in [0, 0.05) is 12.6 Å². The van der Waals surface area contributed by atoms with Crippen LogP contribution in [0.5, 0.6) is 11.5 Å². The van der Waals surface area contributed by atoms with E-state index in [1.165, 1.54) is 25.0 Å². The van der Waals surface area contributed by atoms with Crippen molar-refractivity contribution in [2.75, 3.05) is 33.4 Å². The van der Waals surface area contributed by atoms with Crippen LogP contribution in [-0.4, -0.2) is 49.1 Å². The Balaban J connectivity index is 1.63. The van der Waals surface area contributed by atoms with Crippen molar-refractivity contribution in [2.24, 2.45) is 0 Å². The molecular weight excluding hydrogens is 398 g/mol. The molecule has 1 aliphatic rings. The molecule has 0 bridgehead atoms. The monoisotopic (exact) mass is 427 g/mol. The number of amides is 1. The summed E-state index contributed by atoms with van der Waals surface area (Å²) < 4.78 is 10.7. The first kappa shape index (κ1) is 22.6. The lowest BCUT2D eigenvalue weighted by Gasteiger charge is -2.31. The molecule has 2 aromatic carbocycles. The summed E-state index contributed by atoms with van der Waals surface area (Å²) in [5, 5.41) is 14.0. The van der Waals surface area contributed by atoms with Crippen LogP contribution in [0, 0.1) is 10.1 Å². The van der Waals surface area contributed by atoms with Gasteiger partial charge >= 0.3 is 5.69 Å². The van der Waals surface area contributed by atoms with E-state index in [4.69, 9.17) is 9.47 Å². The highest BCUT2D eigenvalue weighted by molar-refractivity contribution is 5.77. The van der Waals surface area contributed by atoms with E-state index in [0.717, 1.165) is 37.2 Å². The maximum absolute atomic E-state index is 12.4. The number of methoxy groups -OCH3 is 1. The molecule has 0 radical (unpaired) electrons. The Hall–Kier alpha value is -3.13. The first-order chi connectivity index (χ1) is 15.1. The van der Waals surface area contributed by atoms with E-state index in [1.54, 1.807) is 19.2 Å². The smallest absolute Gasteiger partial charge is 0.310 e. The van der Waals surface area contributed by atoms with E-state index >= 15 is 0 Å². The molecule has 2 aromatic rings. The summed E-state index contributed by atoms with van der Waals surface area (Å²) in [7, 11) is 1.64. The van der Waals surface area contributed by atoms with Gasteiger partial charge in [-0.05, 0) is 49.7 Å². The van der Waals surface area contributed by atoms with Crippen molar-refractivity contribution < 1.29 is 19.2 Å². The fraction of sp³-hybridized carbons (Fsp3) is 0.435. The standard InChI is InChI=1S/C23H29N3O5/c1-30-19-12-10-18(11-13-19)21(25-14-6-2-3-7-15-25)16-24-23(27)17-31-22-9-5-4-8-20(22)26(28)29/h4-5,8-13,21H,2-3,6-7,14-17H2,1H3,(H,24,27)/t21-/m1/s1. The second kappa shape index (κ2) is 11.3. The maximum Gasteiger partial charge on any atom is 0.310 e. The van der Waals surface area contributed by atoms with Crippen LogP contribution in [0.2, 0.25) is 0 Å². The van der Waals surface area contributed by atoms with Crippen LogP contribution in [0.3, 0.4) is 0 Å². The highest BCUT2D eigenvalue weighted by atomic mass is 16.6. The number of carbonyl (C=O) groups excluding carboxylic acids is 1. The SMILES string of the molecule is COc1ccc([C@@H](CNC(=O)COc2ccccc2[N+](=O)[O-])N2CCCCCC2)cc1. The van der Waals surface area contributed by atoms with E-state index in [-0.39, 0.29) is 30.0 Å². The molecule has 1 atom stereocenters. The number of rotatable bonds is 9. The number of nitro benzene ring substituents is 1. The van der Waals surface area contributed by atoms with E-state index < -0.39 is 4.92 Å². The summed E-state index contributed by atoms with van der Waals surface area (Å²) in [4.78, 5) is 25.4. The molecule has 31 heavy (non-hydrogen) atoms. The van der Waals surface area contributed by atoms with Crippen molar-refractivity contribution in [1.29, 1.82) is 0 Å². The number of hydrogen-bond acceptors (Lipinski definition) is 6. The summed E-state index contributed by atoms with van der Waals surface area (Å²) in [5.74, 6) is 0.564. The maximum atomic E-state index is 12.4. The van der Waals surface area contributed by atoms with Gasteiger partial charge in [-0.25, -0.2) is 0 Å². The number of nitrogens with zero attached hydrogens (tertiary/aromatic N) is 2. The third kappa shape index (κ3) is 6.42. The van der Waals surface area contributed by atoms with E-state index in [2.05, 4.69) is 10.2 Å². The zero-order valence-electron chi connectivity index (χ0n) is 17.8. The second-order valence-electron chi connectivity index (χ2n) is 7.56. The summed E-state index contributed by atoms with van der Waals surface area (Å²) in [6.45, 7) is 2.13. The van der Waals surface area contributed by atoms with Gasteiger partial charge in [-0.1, -0.05) is 37.1 Å². The van der Waals surface area contributed by atoms with Gasteiger partial charge in [0.2, 0.25) is 0 Å². The number of nitrogens with one attached hydrogen (secondary N) is 1. The Bertz CT molecular complexity index is 864. The minimum atomic E-state index is -0.522. The molecule has 1 N–H and O–H groups in total. The number of carbonyl (C=O) groups is 1. The molecule has 8 nitrogen and oxygen atoms in total. The number of para-hydroxylation sites is 2. The van der Waals surface area contributed by atoms with Gasteiger partial charge in [-0.3, -0.25) is 19.8 Å². The number of likely N-dealkylation sites (tertiary alicyclic amines) is 1. The normalized spacial score (nSPS) is 15.5. The Morgan fingerprint density at radius 1 is 1.10 bits per heavy atom. The summed E-state index contributed by atoms with van der Waals surface area (Å²) in [5.41, 5.74) is 0.957. The number of ether oxygens (including phenoxy) is 2. The number of hydrogen-bond donors (Lipinski definition) is 1.